The van der Waals surface area contributed by atoms with Crippen molar-refractivity contribution < 1.29 is 23.8 Å². The number of carbonyl (C=O) groups is 1. The SMILES string of the molecule is C[C@H]1CCC2C[C@@H](F)CC(Cl)C2[C@H]1CC[C@@H](O)C[C@H](F)CC(=O)O. The smallest absolute Gasteiger partial charge is 0.306 e. The van der Waals surface area contributed by atoms with Gasteiger partial charge >= 0.3 is 5.97 Å². The van der Waals surface area contributed by atoms with Crippen LogP contribution in [0, 0.1) is 23.7 Å². The molecule has 0 aliphatic heterocycles. The topological polar surface area (TPSA) is 57.5 Å². The molecule has 2 fully saturated rings. The fourth-order valence-electron chi connectivity index (χ4n) is 4.82. The van der Waals surface area contributed by atoms with E-state index in [9.17, 15) is 18.7 Å². The standard InChI is InChI=1S/C18H29ClF2O3/c1-10-2-3-11-6-12(20)8-16(19)18(11)15(10)5-4-14(22)7-13(21)9-17(23)24/h10-16,18,22H,2-9H2,1H3,(H,23,24)/t10-,11?,12+,13-,14+,15-,16?,18?/m0/s1. The van der Waals surface area contributed by atoms with Crippen LogP contribution in [-0.4, -0.2) is 40.0 Å². The molecular weight excluding hydrogens is 338 g/mol. The molecule has 2 N–H and O–H groups in total. The minimum Gasteiger partial charge on any atom is -0.481 e. The van der Waals surface area contributed by atoms with Crippen molar-refractivity contribution >= 4 is 17.6 Å². The lowest BCUT2D eigenvalue weighted by molar-refractivity contribution is -0.138. The van der Waals surface area contributed by atoms with E-state index in [-0.39, 0.29) is 17.7 Å². The molecular formula is C18H29ClF2O3. The lowest BCUT2D eigenvalue weighted by Crippen LogP contribution is -2.44. The molecule has 8 atom stereocenters. The number of aliphatic hydroxyl groups is 1. The molecule has 0 amide bonds. The first-order valence-electron chi connectivity index (χ1n) is 9.10. The monoisotopic (exact) mass is 366 g/mol. The molecule has 2 saturated carbocycles. The molecule has 6 heteroatoms. The van der Waals surface area contributed by atoms with E-state index >= 15 is 0 Å². The number of alkyl halides is 3. The Kier molecular flexibility index (Phi) is 7.29. The molecule has 0 heterocycles. The molecule has 0 aromatic rings. The van der Waals surface area contributed by atoms with E-state index in [0.717, 1.165) is 19.3 Å². The largest absolute Gasteiger partial charge is 0.481 e. The second-order valence-corrected chi connectivity index (χ2v) is 8.36. The lowest BCUT2D eigenvalue weighted by atomic mass is 9.60. The number of hydrogen-bond acceptors (Lipinski definition) is 2. The molecule has 2 aliphatic carbocycles. The van der Waals surface area contributed by atoms with Crippen molar-refractivity contribution in [2.75, 3.05) is 0 Å². The number of carboxylic acid groups (broad SMARTS) is 1. The molecule has 0 radical (unpaired) electrons. The molecule has 2 rings (SSSR count). The summed E-state index contributed by atoms with van der Waals surface area (Å²) in [4.78, 5) is 10.5. The summed E-state index contributed by atoms with van der Waals surface area (Å²) >= 11 is 6.47. The van der Waals surface area contributed by atoms with Crippen molar-refractivity contribution in [2.45, 2.75) is 82.1 Å². The van der Waals surface area contributed by atoms with Crippen molar-refractivity contribution in [3.63, 3.8) is 0 Å². The number of fused-ring (bicyclic) bond motifs is 1. The first-order chi connectivity index (χ1) is 11.3. The van der Waals surface area contributed by atoms with Crippen molar-refractivity contribution in [2.24, 2.45) is 23.7 Å². The van der Waals surface area contributed by atoms with Crippen LogP contribution in [-0.2, 0) is 4.79 Å². The summed E-state index contributed by atoms with van der Waals surface area (Å²) in [6.45, 7) is 2.18. The number of aliphatic hydroxyl groups excluding tert-OH is 1. The fraction of sp³-hybridized carbons (Fsp3) is 0.944. The van der Waals surface area contributed by atoms with Crippen molar-refractivity contribution in [3.8, 4) is 0 Å². The first-order valence-corrected chi connectivity index (χ1v) is 9.53. The Hall–Kier alpha value is -0.420. The predicted octanol–water partition coefficient (Wildman–Crippen LogP) is 4.35. The maximum absolute atomic E-state index is 13.8. The van der Waals surface area contributed by atoms with Crippen molar-refractivity contribution in [1.29, 1.82) is 0 Å². The summed E-state index contributed by atoms with van der Waals surface area (Å²) in [5.74, 6) is 0.193. The van der Waals surface area contributed by atoms with E-state index in [4.69, 9.17) is 16.7 Å². The van der Waals surface area contributed by atoms with Crippen LogP contribution in [0.1, 0.15) is 58.3 Å². The molecule has 3 nitrogen and oxygen atoms in total. The second-order valence-electron chi connectivity index (χ2n) is 7.80. The van der Waals surface area contributed by atoms with Gasteiger partial charge in [-0.3, -0.25) is 4.79 Å². The van der Waals surface area contributed by atoms with E-state index < -0.39 is 30.8 Å². The van der Waals surface area contributed by atoms with Crippen LogP contribution in [0.4, 0.5) is 8.78 Å². The summed E-state index contributed by atoms with van der Waals surface area (Å²) in [7, 11) is 0. The summed E-state index contributed by atoms with van der Waals surface area (Å²) in [5, 5.41) is 18.4. The number of carboxylic acids is 1. The van der Waals surface area contributed by atoms with Gasteiger partial charge in [-0.05, 0) is 55.8 Å². The van der Waals surface area contributed by atoms with Gasteiger partial charge in [-0.25, -0.2) is 8.78 Å². The predicted molar refractivity (Wildman–Crippen MR) is 89.6 cm³/mol. The second kappa shape index (κ2) is 8.79. The number of rotatable bonds is 7. The van der Waals surface area contributed by atoms with E-state index in [2.05, 4.69) is 6.92 Å². The Morgan fingerprint density at radius 2 is 2.04 bits per heavy atom. The molecule has 140 valence electrons. The molecule has 0 spiro atoms. The maximum Gasteiger partial charge on any atom is 0.306 e. The highest BCUT2D eigenvalue weighted by atomic mass is 35.5. The van der Waals surface area contributed by atoms with Gasteiger partial charge in [-0.1, -0.05) is 13.3 Å². The third kappa shape index (κ3) is 5.29. The lowest BCUT2D eigenvalue weighted by Gasteiger charge is -2.48. The van der Waals surface area contributed by atoms with Gasteiger partial charge in [0.15, 0.2) is 0 Å². The van der Waals surface area contributed by atoms with Crippen LogP contribution in [0.3, 0.4) is 0 Å². The fourth-order valence-corrected chi connectivity index (χ4v) is 5.41. The van der Waals surface area contributed by atoms with Crippen LogP contribution < -0.4 is 0 Å². The Morgan fingerprint density at radius 1 is 1.33 bits per heavy atom. The van der Waals surface area contributed by atoms with Gasteiger partial charge in [0.1, 0.15) is 12.3 Å². The van der Waals surface area contributed by atoms with Crippen LogP contribution in [0.15, 0.2) is 0 Å². The molecule has 24 heavy (non-hydrogen) atoms. The minimum atomic E-state index is -1.52. The Bertz CT molecular complexity index is 423. The zero-order valence-corrected chi connectivity index (χ0v) is 15.0. The van der Waals surface area contributed by atoms with Gasteiger partial charge < -0.3 is 10.2 Å². The number of hydrogen-bond donors (Lipinski definition) is 2. The van der Waals surface area contributed by atoms with Crippen LogP contribution in [0.2, 0.25) is 0 Å². The van der Waals surface area contributed by atoms with Crippen LogP contribution in [0.5, 0.6) is 0 Å². The Balaban J connectivity index is 1.88. The molecule has 3 unspecified atom stereocenters. The Labute approximate surface area is 147 Å². The van der Waals surface area contributed by atoms with Gasteiger partial charge in [-0.2, -0.15) is 0 Å². The average Bonchev–Trinajstić information content (AvgIpc) is 2.45. The van der Waals surface area contributed by atoms with Crippen molar-refractivity contribution in [3.05, 3.63) is 0 Å². The van der Waals surface area contributed by atoms with Gasteiger partial charge in [0, 0.05) is 11.8 Å². The molecule has 0 bridgehead atoms. The van der Waals surface area contributed by atoms with Crippen LogP contribution >= 0.6 is 11.6 Å². The van der Waals surface area contributed by atoms with Crippen molar-refractivity contribution in [1.82, 2.24) is 0 Å². The van der Waals surface area contributed by atoms with E-state index in [1.807, 2.05) is 0 Å². The van der Waals surface area contributed by atoms with Gasteiger partial charge in [-0.15, -0.1) is 11.6 Å². The quantitative estimate of drug-likeness (QED) is 0.658. The van der Waals surface area contributed by atoms with Gasteiger partial charge in [0.2, 0.25) is 0 Å². The Morgan fingerprint density at radius 3 is 2.71 bits per heavy atom. The maximum atomic E-state index is 13.8. The highest BCUT2D eigenvalue weighted by Crippen LogP contribution is 2.50. The van der Waals surface area contributed by atoms with E-state index in [0.29, 0.717) is 37.0 Å². The zero-order valence-electron chi connectivity index (χ0n) is 14.2. The molecule has 0 saturated heterocycles. The summed E-state index contributed by atoms with van der Waals surface area (Å²) in [6.07, 6.45) is 0.366. The molecule has 0 aromatic carbocycles. The van der Waals surface area contributed by atoms with Crippen LogP contribution in [0.25, 0.3) is 0 Å². The summed E-state index contributed by atoms with van der Waals surface area (Å²) < 4.78 is 27.3. The molecule has 0 aromatic heterocycles. The highest BCUT2D eigenvalue weighted by molar-refractivity contribution is 6.20. The van der Waals surface area contributed by atoms with E-state index in [1.54, 1.807) is 0 Å². The molecule has 2 aliphatic rings. The third-order valence-electron chi connectivity index (χ3n) is 5.98. The van der Waals surface area contributed by atoms with Gasteiger partial charge in [0.05, 0.1) is 12.5 Å². The number of aliphatic carboxylic acids is 1. The minimum absolute atomic E-state index is 0.141. The average molecular weight is 367 g/mol. The van der Waals surface area contributed by atoms with Gasteiger partial charge in [0.25, 0.3) is 0 Å². The number of halogens is 3. The normalized spacial score (nSPS) is 39.0. The summed E-state index contributed by atoms with van der Waals surface area (Å²) in [6, 6.07) is 0. The van der Waals surface area contributed by atoms with E-state index in [1.165, 1.54) is 0 Å². The zero-order chi connectivity index (χ0) is 17.9. The third-order valence-corrected chi connectivity index (χ3v) is 6.45. The highest BCUT2D eigenvalue weighted by Gasteiger charge is 2.45. The summed E-state index contributed by atoms with van der Waals surface area (Å²) in [5.41, 5.74) is 0. The first kappa shape index (κ1) is 19.9.